The van der Waals surface area contributed by atoms with Crippen LogP contribution < -0.4 is 0 Å². The zero-order valence-corrected chi connectivity index (χ0v) is 16.5. The van der Waals surface area contributed by atoms with Crippen molar-refractivity contribution in [1.82, 2.24) is 24.6 Å². The highest BCUT2D eigenvalue weighted by molar-refractivity contribution is 7.99. The minimum atomic E-state index is 0.153. The molecule has 2 heterocycles. The van der Waals surface area contributed by atoms with Crippen LogP contribution in [0.4, 0.5) is 0 Å². The minimum Gasteiger partial charge on any atom is -0.339 e. The number of rotatable bonds is 6. The van der Waals surface area contributed by atoms with E-state index in [1.54, 1.807) is 11.0 Å². The lowest BCUT2D eigenvalue weighted by Crippen LogP contribution is -2.48. The number of amides is 1. The lowest BCUT2D eigenvalue weighted by Gasteiger charge is -2.34. The first-order chi connectivity index (χ1) is 13.8. The summed E-state index contributed by atoms with van der Waals surface area (Å²) in [5, 5.41) is 5.07. The van der Waals surface area contributed by atoms with Crippen molar-refractivity contribution in [3.63, 3.8) is 0 Å². The standard InChI is InChI=1S/C21H23N5OS/c27-20(16-28-21-22-17-26(23-21)19-9-5-2-6-10-19)25-13-11-24(12-14-25)15-18-7-3-1-4-8-18/h1-10,17H,11-16H2. The number of hydrogen-bond donors (Lipinski definition) is 0. The molecule has 0 bridgehead atoms. The molecule has 144 valence electrons. The van der Waals surface area contributed by atoms with Crippen LogP contribution in [-0.2, 0) is 11.3 Å². The number of nitrogens with zero attached hydrogens (tertiary/aromatic N) is 5. The Balaban J connectivity index is 1.23. The summed E-state index contributed by atoms with van der Waals surface area (Å²) in [5.74, 6) is 0.526. The van der Waals surface area contributed by atoms with Crippen molar-refractivity contribution in [2.24, 2.45) is 0 Å². The van der Waals surface area contributed by atoms with E-state index in [4.69, 9.17) is 0 Å². The molecule has 1 aromatic heterocycles. The fraction of sp³-hybridized carbons (Fsp3) is 0.286. The van der Waals surface area contributed by atoms with Gasteiger partial charge in [0.05, 0.1) is 11.4 Å². The van der Waals surface area contributed by atoms with E-state index in [-0.39, 0.29) is 5.91 Å². The highest BCUT2D eigenvalue weighted by Crippen LogP contribution is 2.16. The van der Waals surface area contributed by atoms with Gasteiger partial charge in [0.1, 0.15) is 6.33 Å². The van der Waals surface area contributed by atoms with Gasteiger partial charge in [0, 0.05) is 32.7 Å². The molecule has 7 heteroatoms. The van der Waals surface area contributed by atoms with Crippen LogP contribution >= 0.6 is 11.8 Å². The molecule has 1 fully saturated rings. The van der Waals surface area contributed by atoms with E-state index in [9.17, 15) is 4.79 Å². The van der Waals surface area contributed by atoms with Crippen LogP contribution in [0.25, 0.3) is 5.69 Å². The van der Waals surface area contributed by atoms with Gasteiger partial charge in [-0.3, -0.25) is 9.69 Å². The molecule has 6 nitrogen and oxygen atoms in total. The number of carbonyl (C=O) groups is 1. The molecule has 4 rings (SSSR count). The predicted molar refractivity (Wildman–Crippen MR) is 110 cm³/mol. The Kier molecular flexibility index (Phi) is 6.04. The largest absolute Gasteiger partial charge is 0.339 e. The van der Waals surface area contributed by atoms with Gasteiger partial charge >= 0.3 is 0 Å². The molecule has 28 heavy (non-hydrogen) atoms. The Morgan fingerprint density at radius 1 is 0.929 bits per heavy atom. The molecule has 0 atom stereocenters. The maximum absolute atomic E-state index is 12.5. The number of thioether (sulfide) groups is 1. The van der Waals surface area contributed by atoms with Crippen LogP contribution in [0.1, 0.15) is 5.56 Å². The fourth-order valence-corrected chi connectivity index (χ4v) is 3.94. The van der Waals surface area contributed by atoms with Gasteiger partial charge in [0.2, 0.25) is 11.1 Å². The van der Waals surface area contributed by atoms with E-state index in [2.05, 4.69) is 39.2 Å². The van der Waals surface area contributed by atoms with E-state index in [1.165, 1.54) is 17.3 Å². The molecule has 0 N–H and O–H groups in total. The Morgan fingerprint density at radius 2 is 1.61 bits per heavy atom. The molecule has 2 aromatic carbocycles. The number of para-hydroxylation sites is 1. The van der Waals surface area contributed by atoms with Crippen LogP contribution in [0, 0.1) is 0 Å². The molecule has 0 spiro atoms. The van der Waals surface area contributed by atoms with E-state index >= 15 is 0 Å². The first-order valence-electron chi connectivity index (χ1n) is 9.42. The highest BCUT2D eigenvalue weighted by Gasteiger charge is 2.21. The van der Waals surface area contributed by atoms with Gasteiger partial charge in [-0.25, -0.2) is 9.67 Å². The van der Waals surface area contributed by atoms with Crippen molar-refractivity contribution in [2.45, 2.75) is 11.7 Å². The van der Waals surface area contributed by atoms with E-state index in [0.717, 1.165) is 38.4 Å². The molecule has 0 radical (unpaired) electrons. The topological polar surface area (TPSA) is 54.3 Å². The fourth-order valence-electron chi connectivity index (χ4n) is 3.23. The van der Waals surface area contributed by atoms with Crippen LogP contribution in [0.15, 0.2) is 72.1 Å². The van der Waals surface area contributed by atoms with Gasteiger partial charge in [-0.05, 0) is 17.7 Å². The van der Waals surface area contributed by atoms with E-state index < -0.39 is 0 Å². The SMILES string of the molecule is O=C(CSc1ncn(-c2ccccc2)n1)N1CCN(Cc2ccccc2)CC1. The maximum Gasteiger partial charge on any atom is 0.233 e. The molecule has 0 saturated carbocycles. The summed E-state index contributed by atoms with van der Waals surface area (Å²) >= 11 is 1.39. The second-order valence-corrected chi connectivity index (χ2v) is 7.68. The summed E-state index contributed by atoms with van der Waals surface area (Å²) in [6, 6.07) is 20.3. The maximum atomic E-state index is 12.5. The van der Waals surface area contributed by atoms with Crippen molar-refractivity contribution in [3.05, 3.63) is 72.6 Å². The lowest BCUT2D eigenvalue weighted by atomic mass is 10.2. The number of piperazine rings is 1. The van der Waals surface area contributed by atoms with Crippen molar-refractivity contribution >= 4 is 17.7 Å². The third kappa shape index (κ3) is 4.79. The number of hydrogen-bond acceptors (Lipinski definition) is 5. The Hall–Kier alpha value is -2.64. The Labute approximate surface area is 169 Å². The number of carbonyl (C=O) groups excluding carboxylic acids is 1. The van der Waals surface area contributed by atoms with Crippen LogP contribution in [0.3, 0.4) is 0 Å². The molecule has 1 saturated heterocycles. The third-order valence-electron chi connectivity index (χ3n) is 4.79. The third-order valence-corrected chi connectivity index (χ3v) is 5.63. The molecule has 3 aromatic rings. The summed E-state index contributed by atoms with van der Waals surface area (Å²) < 4.78 is 1.73. The Morgan fingerprint density at radius 3 is 2.32 bits per heavy atom. The average molecular weight is 394 g/mol. The highest BCUT2D eigenvalue weighted by atomic mass is 32.2. The van der Waals surface area contributed by atoms with Gasteiger partial charge in [-0.2, -0.15) is 0 Å². The normalized spacial score (nSPS) is 14.9. The van der Waals surface area contributed by atoms with Crippen molar-refractivity contribution < 1.29 is 4.79 Å². The molecule has 0 aliphatic carbocycles. The van der Waals surface area contributed by atoms with E-state index in [1.807, 2.05) is 41.3 Å². The first-order valence-corrected chi connectivity index (χ1v) is 10.4. The second kappa shape index (κ2) is 9.03. The van der Waals surface area contributed by atoms with Gasteiger partial charge in [0.25, 0.3) is 0 Å². The monoisotopic (exact) mass is 393 g/mol. The van der Waals surface area contributed by atoms with Crippen LogP contribution in [0.5, 0.6) is 0 Å². The summed E-state index contributed by atoms with van der Waals surface area (Å²) in [6.45, 7) is 4.31. The van der Waals surface area contributed by atoms with Gasteiger partial charge in [0.15, 0.2) is 0 Å². The van der Waals surface area contributed by atoms with Gasteiger partial charge in [-0.1, -0.05) is 60.3 Å². The number of benzene rings is 2. The summed E-state index contributed by atoms with van der Waals surface area (Å²) in [7, 11) is 0. The Bertz CT molecular complexity index is 891. The molecule has 1 aliphatic heterocycles. The molecular formula is C21H23N5OS. The summed E-state index contributed by atoms with van der Waals surface area (Å²) in [6.07, 6.45) is 1.69. The quantitative estimate of drug-likeness (QED) is 0.603. The predicted octanol–water partition coefficient (Wildman–Crippen LogP) is 2.70. The minimum absolute atomic E-state index is 0.153. The van der Waals surface area contributed by atoms with Gasteiger partial charge < -0.3 is 4.90 Å². The average Bonchev–Trinajstić information content (AvgIpc) is 3.23. The van der Waals surface area contributed by atoms with Crippen molar-refractivity contribution in [1.29, 1.82) is 0 Å². The summed E-state index contributed by atoms with van der Waals surface area (Å²) in [5.41, 5.74) is 2.28. The smallest absolute Gasteiger partial charge is 0.233 e. The zero-order valence-electron chi connectivity index (χ0n) is 15.6. The van der Waals surface area contributed by atoms with E-state index in [0.29, 0.717) is 10.9 Å². The molecular weight excluding hydrogens is 370 g/mol. The molecule has 1 amide bonds. The zero-order chi connectivity index (χ0) is 19.2. The second-order valence-electron chi connectivity index (χ2n) is 6.74. The first kappa shape index (κ1) is 18.7. The number of aromatic nitrogens is 3. The molecule has 1 aliphatic rings. The van der Waals surface area contributed by atoms with Crippen LogP contribution in [-0.4, -0.2) is 62.4 Å². The summed E-state index contributed by atoms with van der Waals surface area (Å²) in [4.78, 5) is 21.2. The van der Waals surface area contributed by atoms with Crippen molar-refractivity contribution in [3.8, 4) is 5.69 Å². The van der Waals surface area contributed by atoms with Crippen LogP contribution in [0.2, 0.25) is 0 Å². The van der Waals surface area contributed by atoms with Gasteiger partial charge in [-0.15, -0.1) is 5.10 Å². The van der Waals surface area contributed by atoms with Crippen molar-refractivity contribution in [2.75, 3.05) is 31.9 Å². The lowest BCUT2D eigenvalue weighted by molar-refractivity contribution is -0.130. The molecule has 0 unspecified atom stereocenters.